The molecule has 1 atom stereocenters. The number of rotatable bonds is 9. The van der Waals surface area contributed by atoms with Gasteiger partial charge in [0, 0.05) is 23.6 Å². The standard InChI is InChI=1S/C27H26N2O6/c30-15-17-7-1-6-12-23(17)28-26(33)24(13-14-25(31)32)29-27(34)35-16-22-20-10-4-2-8-18(20)19-9-3-5-11-21(19)22/h1-12,22,24,30H,13-16H2,(H,28,33)(H,29,34)(H,31,32). The fourth-order valence-electron chi connectivity index (χ4n) is 4.32. The van der Waals surface area contributed by atoms with E-state index in [1.54, 1.807) is 24.3 Å². The van der Waals surface area contributed by atoms with Gasteiger partial charge in [-0.1, -0.05) is 66.7 Å². The highest BCUT2D eigenvalue weighted by molar-refractivity contribution is 5.97. The number of aliphatic hydroxyl groups is 1. The summed E-state index contributed by atoms with van der Waals surface area (Å²) in [5.41, 5.74) is 5.19. The second kappa shape index (κ2) is 10.8. The second-order valence-electron chi connectivity index (χ2n) is 8.26. The van der Waals surface area contributed by atoms with E-state index in [0.29, 0.717) is 11.3 Å². The summed E-state index contributed by atoms with van der Waals surface area (Å²) in [4.78, 5) is 36.6. The molecule has 35 heavy (non-hydrogen) atoms. The highest BCUT2D eigenvalue weighted by Crippen LogP contribution is 2.44. The van der Waals surface area contributed by atoms with E-state index in [0.717, 1.165) is 22.3 Å². The number of amides is 2. The molecule has 0 saturated carbocycles. The molecule has 0 fully saturated rings. The van der Waals surface area contributed by atoms with E-state index in [9.17, 15) is 19.5 Å². The summed E-state index contributed by atoms with van der Waals surface area (Å²) in [5.74, 6) is -1.83. The summed E-state index contributed by atoms with van der Waals surface area (Å²) in [6.45, 7) is -0.212. The Morgan fingerprint density at radius 2 is 1.49 bits per heavy atom. The minimum absolute atomic E-state index is 0.0699. The van der Waals surface area contributed by atoms with Crippen LogP contribution in [-0.4, -0.2) is 40.8 Å². The Labute approximate surface area is 202 Å². The first kappa shape index (κ1) is 24.0. The number of carbonyl (C=O) groups is 3. The van der Waals surface area contributed by atoms with Crippen LogP contribution in [0.5, 0.6) is 0 Å². The van der Waals surface area contributed by atoms with Crippen molar-refractivity contribution in [3.05, 3.63) is 89.5 Å². The number of carboxylic acid groups (broad SMARTS) is 1. The molecule has 2 amide bonds. The number of benzene rings is 3. The van der Waals surface area contributed by atoms with Gasteiger partial charge in [0.25, 0.3) is 0 Å². The Morgan fingerprint density at radius 1 is 0.886 bits per heavy atom. The van der Waals surface area contributed by atoms with Gasteiger partial charge in [-0.3, -0.25) is 9.59 Å². The van der Waals surface area contributed by atoms with Crippen LogP contribution in [-0.2, 0) is 20.9 Å². The zero-order valence-corrected chi connectivity index (χ0v) is 18.9. The van der Waals surface area contributed by atoms with Crippen LogP contribution < -0.4 is 10.6 Å². The van der Waals surface area contributed by atoms with Crippen LogP contribution in [0.4, 0.5) is 10.5 Å². The molecule has 0 bridgehead atoms. The van der Waals surface area contributed by atoms with Crippen molar-refractivity contribution in [2.45, 2.75) is 31.4 Å². The maximum absolute atomic E-state index is 12.9. The first-order valence-corrected chi connectivity index (χ1v) is 11.3. The Hall–Kier alpha value is -4.17. The van der Waals surface area contributed by atoms with Gasteiger partial charge in [0.15, 0.2) is 0 Å². The van der Waals surface area contributed by atoms with Crippen molar-refractivity contribution < 1.29 is 29.3 Å². The quantitative estimate of drug-likeness (QED) is 0.373. The number of nitrogens with one attached hydrogen (secondary N) is 2. The normalized spacial score (nSPS) is 12.8. The highest BCUT2D eigenvalue weighted by atomic mass is 16.5. The highest BCUT2D eigenvalue weighted by Gasteiger charge is 2.30. The number of anilines is 1. The SMILES string of the molecule is O=C(O)CCC(NC(=O)OCC1c2ccccc2-c2ccccc21)C(=O)Nc1ccccc1CO. The van der Waals surface area contributed by atoms with E-state index in [1.165, 1.54) is 0 Å². The molecule has 3 aromatic rings. The molecule has 3 aromatic carbocycles. The first-order chi connectivity index (χ1) is 17.0. The molecule has 0 radical (unpaired) electrons. The van der Waals surface area contributed by atoms with Crippen molar-refractivity contribution in [3.63, 3.8) is 0 Å². The Bertz CT molecular complexity index is 1200. The first-order valence-electron chi connectivity index (χ1n) is 11.3. The molecule has 1 aliphatic carbocycles. The van der Waals surface area contributed by atoms with E-state index in [1.807, 2.05) is 48.5 Å². The summed E-state index contributed by atoms with van der Waals surface area (Å²) in [7, 11) is 0. The molecule has 8 heteroatoms. The van der Waals surface area contributed by atoms with Crippen LogP contribution in [0.15, 0.2) is 72.8 Å². The van der Waals surface area contributed by atoms with Gasteiger partial charge < -0.3 is 25.6 Å². The lowest BCUT2D eigenvalue weighted by Crippen LogP contribution is -2.44. The second-order valence-corrected chi connectivity index (χ2v) is 8.26. The number of carboxylic acids is 1. The third-order valence-electron chi connectivity index (χ3n) is 6.04. The molecule has 0 saturated heterocycles. The smallest absolute Gasteiger partial charge is 0.407 e. The van der Waals surface area contributed by atoms with Gasteiger partial charge >= 0.3 is 12.1 Å². The lowest BCUT2D eigenvalue weighted by molar-refractivity contribution is -0.137. The zero-order chi connectivity index (χ0) is 24.8. The number of hydrogen-bond donors (Lipinski definition) is 4. The lowest BCUT2D eigenvalue weighted by Gasteiger charge is -2.20. The molecule has 0 aromatic heterocycles. The van der Waals surface area contributed by atoms with Crippen molar-refractivity contribution in [1.82, 2.24) is 5.32 Å². The number of carbonyl (C=O) groups excluding carboxylic acids is 2. The molecule has 1 unspecified atom stereocenters. The summed E-state index contributed by atoms with van der Waals surface area (Å²) in [5, 5.41) is 23.7. The predicted molar refractivity (Wildman–Crippen MR) is 130 cm³/mol. The maximum Gasteiger partial charge on any atom is 0.407 e. The molecule has 0 heterocycles. The van der Waals surface area contributed by atoms with Crippen molar-refractivity contribution in [1.29, 1.82) is 0 Å². The van der Waals surface area contributed by atoms with Gasteiger partial charge in [-0.2, -0.15) is 0 Å². The molecular formula is C27H26N2O6. The summed E-state index contributed by atoms with van der Waals surface area (Å²) in [6.07, 6.45) is -1.25. The number of ether oxygens (including phenoxy) is 1. The summed E-state index contributed by atoms with van der Waals surface area (Å²) >= 11 is 0. The topological polar surface area (TPSA) is 125 Å². The molecule has 0 aliphatic heterocycles. The van der Waals surface area contributed by atoms with E-state index in [-0.39, 0.29) is 32.0 Å². The van der Waals surface area contributed by atoms with Crippen molar-refractivity contribution in [3.8, 4) is 11.1 Å². The zero-order valence-electron chi connectivity index (χ0n) is 18.9. The molecule has 1 aliphatic rings. The number of alkyl carbamates (subject to hydrolysis) is 1. The lowest BCUT2D eigenvalue weighted by atomic mass is 9.98. The largest absolute Gasteiger partial charge is 0.481 e. The molecule has 180 valence electrons. The average Bonchev–Trinajstić information content (AvgIpc) is 3.19. The molecule has 4 rings (SSSR count). The van der Waals surface area contributed by atoms with E-state index in [4.69, 9.17) is 9.84 Å². The van der Waals surface area contributed by atoms with E-state index in [2.05, 4.69) is 10.6 Å². The summed E-state index contributed by atoms with van der Waals surface area (Å²) in [6, 6.07) is 21.4. The van der Waals surface area contributed by atoms with Crippen molar-refractivity contribution in [2.75, 3.05) is 11.9 Å². The predicted octanol–water partition coefficient (Wildman–Crippen LogP) is 3.89. The average molecular weight is 475 g/mol. The van der Waals surface area contributed by atoms with Crippen molar-refractivity contribution >= 4 is 23.7 Å². The fraction of sp³-hybridized carbons (Fsp3) is 0.222. The number of fused-ring (bicyclic) bond motifs is 3. The van der Waals surface area contributed by atoms with Crippen LogP contribution in [0.1, 0.15) is 35.4 Å². The molecule has 4 N–H and O–H groups in total. The Balaban J connectivity index is 1.44. The Kier molecular flexibility index (Phi) is 7.42. The monoisotopic (exact) mass is 474 g/mol. The fourth-order valence-corrected chi connectivity index (χ4v) is 4.32. The number of hydrogen-bond acceptors (Lipinski definition) is 5. The van der Waals surface area contributed by atoms with E-state index < -0.39 is 24.0 Å². The molecule has 0 spiro atoms. The minimum atomic E-state index is -1.13. The van der Waals surface area contributed by atoms with Gasteiger partial charge in [-0.05, 0) is 34.7 Å². The number of para-hydroxylation sites is 1. The molecule has 8 nitrogen and oxygen atoms in total. The van der Waals surface area contributed by atoms with Crippen LogP contribution in [0.25, 0.3) is 11.1 Å². The third kappa shape index (κ3) is 5.50. The van der Waals surface area contributed by atoms with E-state index >= 15 is 0 Å². The molecular weight excluding hydrogens is 448 g/mol. The maximum atomic E-state index is 12.9. The van der Waals surface area contributed by atoms with Crippen LogP contribution >= 0.6 is 0 Å². The van der Waals surface area contributed by atoms with Crippen LogP contribution in [0, 0.1) is 0 Å². The van der Waals surface area contributed by atoms with Gasteiger partial charge in [0.2, 0.25) is 5.91 Å². The Morgan fingerprint density at radius 3 is 2.11 bits per heavy atom. The summed E-state index contributed by atoms with van der Waals surface area (Å²) < 4.78 is 5.50. The minimum Gasteiger partial charge on any atom is -0.481 e. The van der Waals surface area contributed by atoms with Gasteiger partial charge in [-0.15, -0.1) is 0 Å². The number of aliphatic carboxylic acids is 1. The van der Waals surface area contributed by atoms with Crippen molar-refractivity contribution in [2.24, 2.45) is 0 Å². The van der Waals surface area contributed by atoms with Crippen LogP contribution in [0.3, 0.4) is 0 Å². The van der Waals surface area contributed by atoms with Gasteiger partial charge in [-0.25, -0.2) is 4.79 Å². The van der Waals surface area contributed by atoms with Crippen LogP contribution in [0.2, 0.25) is 0 Å². The van der Waals surface area contributed by atoms with Gasteiger partial charge in [0.1, 0.15) is 12.6 Å². The van der Waals surface area contributed by atoms with Gasteiger partial charge in [0.05, 0.1) is 6.61 Å². The number of aliphatic hydroxyl groups excluding tert-OH is 1. The third-order valence-corrected chi connectivity index (χ3v) is 6.04.